The van der Waals surface area contributed by atoms with Gasteiger partial charge in [0, 0.05) is 30.9 Å². The van der Waals surface area contributed by atoms with Crippen LogP contribution in [0, 0.1) is 11.6 Å². The van der Waals surface area contributed by atoms with Crippen LogP contribution in [0.1, 0.15) is 17.4 Å². The Balaban J connectivity index is 1.82. The smallest absolute Gasteiger partial charge is 0.341 e. The van der Waals surface area contributed by atoms with Gasteiger partial charge >= 0.3 is 6.18 Å². The number of imidazole rings is 1. The quantitative estimate of drug-likeness (QED) is 0.715. The van der Waals surface area contributed by atoms with E-state index in [1.807, 2.05) is 0 Å². The molecule has 1 aromatic carbocycles. The molecule has 2 aromatic heterocycles. The highest BCUT2D eigenvalue weighted by Gasteiger charge is 2.41. The van der Waals surface area contributed by atoms with Crippen molar-refractivity contribution in [3.63, 3.8) is 0 Å². The van der Waals surface area contributed by atoms with Crippen molar-refractivity contribution in [2.75, 3.05) is 0 Å². The molecule has 5 nitrogen and oxygen atoms in total. The van der Waals surface area contributed by atoms with E-state index in [1.165, 1.54) is 17.9 Å². The molecule has 0 aliphatic rings. The molecule has 2 N–H and O–H groups in total. The standard InChI is InChI=1S/C14H12F5N5/c1-24-6-7(4-21-24)13(14(17,18)19)20-5-12-22-10-2-8(15)9(16)3-11(10)23-12/h2-4,6,13,20H,5H2,1H3,(H,22,23). The van der Waals surface area contributed by atoms with Gasteiger partial charge in [-0.3, -0.25) is 10.00 Å². The van der Waals surface area contributed by atoms with Crippen LogP contribution in [0.3, 0.4) is 0 Å². The first-order valence-electron chi connectivity index (χ1n) is 6.86. The van der Waals surface area contributed by atoms with Gasteiger partial charge in [-0.05, 0) is 0 Å². The van der Waals surface area contributed by atoms with E-state index in [4.69, 9.17) is 0 Å². The number of rotatable bonds is 4. The Kier molecular flexibility index (Phi) is 3.99. The van der Waals surface area contributed by atoms with Crippen molar-refractivity contribution in [2.24, 2.45) is 7.05 Å². The first-order valence-corrected chi connectivity index (χ1v) is 6.86. The Morgan fingerprint density at radius 3 is 2.58 bits per heavy atom. The summed E-state index contributed by atoms with van der Waals surface area (Å²) in [6.45, 7) is -0.267. The van der Waals surface area contributed by atoms with Crippen LogP contribution in [-0.4, -0.2) is 25.9 Å². The lowest BCUT2D eigenvalue weighted by atomic mass is 10.1. The van der Waals surface area contributed by atoms with Gasteiger partial charge in [-0.25, -0.2) is 13.8 Å². The van der Waals surface area contributed by atoms with Crippen LogP contribution in [0.4, 0.5) is 22.0 Å². The zero-order valence-corrected chi connectivity index (χ0v) is 12.3. The maximum Gasteiger partial charge on any atom is 0.408 e. The molecule has 10 heteroatoms. The van der Waals surface area contributed by atoms with Gasteiger partial charge in [0.2, 0.25) is 0 Å². The number of hydrogen-bond acceptors (Lipinski definition) is 3. The zero-order chi connectivity index (χ0) is 17.5. The summed E-state index contributed by atoms with van der Waals surface area (Å²) < 4.78 is 67.2. The van der Waals surface area contributed by atoms with Gasteiger partial charge in [0.1, 0.15) is 11.9 Å². The molecule has 2 heterocycles. The van der Waals surface area contributed by atoms with E-state index in [-0.39, 0.29) is 29.0 Å². The first-order chi connectivity index (χ1) is 11.2. The van der Waals surface area contributed by atoms with Crippen molar-refractivity contribution in [3.8, 4) is 0 Å². The third-order valence-corrected chi connectivity index (χ3v) is 3.43. The van der Waals surface area contributed by atoms with Gasteiger partial charge < -0.3 is 4.98 Å². The molecule has 128 valence electrons. The zero-order valence-electron chi connectivity index (χ0n) is 12.3. The molecule has 0 aliphatic heterocycles. The first kappa shape index (κ1) is 16.4. The molecule has 3 aromatic rings. The lowest BCUT2D eigenvalue weighted by molar-refractivity contribution is -0.158. The van der Waals surface area contributed by atoms with Crippen LogP contribution in [-0.2, 0) is 13.6 Å². The molecule has 0 saturated carbocycles. The number of H-pyrrole nitrogens is 1. The summed E-state index contributed by atoms with van der Waals surface area (Å²) in [6.07, 6.45) is -2.16. The normalized spacial score (nSPS) is 13.6. The van der Waals surface area contributed by atoms with Crippen LogP contribution >= 0.6 is 0 Å². The van der Waals surface area contributed by atoms with Crippen LogP contribution in [0.25, 0.3) is 11.0 Å². The Hall–Kier alpha value is -2.49. The van der Waals surface area contributed by atoms with Crippen molar-refractivity contribution in [2.45, 2.75) is 18.8 Å². The summed E-state index contributed by atoms with van der Waals surface area (Å²) in [5, 5.41) is 6.07. The second kappa shape index (κ2) is 5.86. The SMILES string of the molecule is Cn1cc(C(NCc2nc3cc(F)c(F)cc3[nH]2)C(F)(F)F)cn1. The minimum absolute atomic E-state index is 0.0433. The minimum atomic E-state index is -4.53. The molecule has 0 fully saturated rings. The fourth-order valence-electron chi connectivity index (χ4n) is 2.35. The topological polar surface area (TPSA) is 58.5 Å². The number of aromatic amines is 1. The summed E-state index contributed by atoms with van der Waals surface area (Å²) in [5.41, 5.74) is 0.296. The number of fused-ring (bicyclic) bond motifs is 1. The van der Waals surface area contributed by atoms with Crippen LogP contribution in [0.2, 0.25) is 0 Å². The number of nitrogens with one attached hydrogen (secondary N) is 2. The average molecular weight is 345 g/mol. The van der Waals surface area contributed by atoms with E-state index in [9.17, 15) is 22.0 Å². The second-order valence-electron chi connectivity index (χ2n) is 5.27. The Morgan fingerprint density at radius 1 is 1.25 bits per heavy atom. The highest BCUT2D eigenvalue weighted by atomic mass is 19.4. The number of aryl methyl sites for hydroxylation is 1. The van der Waals surface area contributed by atoms with Crippen LogP contribution < -0.4 is 5.32 Å². The van der Waals surface area contributed by atoms with Gasteiger partial charge in [-0.1, -0.05) is 0 Å². The molecule has 1 atom stereocenters. The van der Waals surface area contributed by atoms with Gasteiger partial charge in [-0.15, -0.1) is 0 Å². The maximum atomic E-state index is 13.2. The van der Waals surface area contributed by atoms with E-state index in [0.717, 1.165) is 18.3 Å². The summed E-state index contributed by atoms with van der Waals surface area (Å²) in [4.78, 5) is 6.61. The van der Waals surface area contributed by atoms with E-state index in [1.54, 1.807) is 0 Å². The van der Waals surface area contributed by atoms with E-state index in [2.05, 4.69) is 20.4 Å². The molecule has 24 heavy (non-hydrogen) atoms. The van der Waals surface area contributed by atoms with E-state index >= 15 is 0 Å². The highest BCUT2D eigenvalue weighted by Crippen LogP contribution is 2.32. The summed E-state index contributed by atoms with van der Waals surface area (Å²) >= 11 is 0. The number of alkyl halides is 3. The molecule has 1 unspecified atom stereocenters. The van der Waals surface area contributed by atoms with E-state index < -0.39 is 23.9 Å². The fourth-order valence-corrected chi connectivity index (χ4v) is 2.35. The fraction of sp³-hybridized carbons (Fsp3) is 0.286. The summed E-state index contributed by atoms with van der Waals surface area (Å²) in [6, 6.07) is -0.149. The predicted octanol–water partition coefficient (Wildman–Crippen LogP) is 2.97. The molecule has 0 saturated heterocycles. The van der Waals surface area contributed by atoms with Gasteiger partial charge in [-0.2, -0.15) is 18.3 Å². The number of benzene rings is 1. The van der Waals surface area contributed by atoms with Gasteiger partial charge in [0.25, 0.3) is 0 Å². The maximum absolute atomic E-state index is 13.2. The lowest BCUT2D eigenvalue weighted by Gasteiger charge is -2.19. The van der Waals surface area contributed by atoms with Crippen molar-refractivity contribution >= 4 is 11.0 Å². The van der Waals surface area contributed by atoms with Gasteiger partial charge in [0.05, 0.1) is 23.8 Å². The monoisotopic (exact) mass is 345 g/mol. The summed E-state index contributed by atoms with van der Waals surface area (Å²) in [5.74, 6) is -2.00. The highest BCUT2D eigenvalue weighted by molar-refractivity contribution is 5.75. The number of halogens is 5. The molecular weight excluding hydrogens is 333 g/mol. The summed E-state index contributed by atoms with van der Waals surface area (Å²) in [7, 11) is 1.51. The number of aromatic nitrogens is 4. The van der Waals surface area contributed by atoms with Crippen molar-refractivity contribution < 1.29 is 22.0 Å². The van der Waals surface area contributed by atoms with Crippen molar-refractivity contribution in [1.29, 1.82) is 0 Å². The molecule has 0 radical (unpaired) electrons. The third kappa shape index (κ3) is 3.23. The molecule has 3 rings (SSSR count). The van der Waals surface area contributed by atoms with Gasteiger partial charge in [0.15, 0.2) is 11.6 Å². The third-order valence-electron chi connectivity index (χ3n) is 3.43. The van der Waals surface area contributed by atoms with Crippen LogP contribution in [0.15, 0.2) is 24.5 Å². The Labute approximate surface area is 132 Å². The van der Waals surface area contributed by atoms with Crippen molar-refractivity contribution in [1.82, 2.24) is 25.1 Å². The Morgan fingerprint density at radius 2 is 1.96 bits per heavy atom. The van der Waals surface area contributed by atoms with Crippen LogP contribution in [0.5, 0.6) is 0 Å². The molecule has 0 spiro atoms. The number of nitrogens with zero attached hydrogens (tertiary/aromatic N) is 3. The van der Waals surface area contributed by atoms with Crippen molar-refractivity contribution in [3.05, 3.63) is 47.5 Å². The molecule has 0 bridgehead atoms. The van der Waals surface area contributed by atoms with E-state index in [0.29, 0.717) is 0 Å². The average Bonchev–Trinajstić information content (AvgIpc) is 3.04. The largest absolute Gasteiger partial charge is 0.408 e. The lowest BCUT2D eigenvalue weighted by Crippen LogP contribution is -2.33. The Bertz CT molecular complexity index is 827. The predicted molar refractivity (Wildman–Crippen MR) is 74.9 cm³/mol. The molecule has 0 amide bonds. The number of hydrogen-bond donors (Lipinski definition) is 2. The minimum Gasteiger partial charge on any atom is -0.341 e. The molecule has 0 aliphatic carbocycles. The second-order valence-corrected chi connectivity index (χ2v) is 5.27. The molecular formula is C14H12F5N5.